The number of nitrogens with two attached hydrogens (primary N) is 1. The van der Waals surface area contributed by atoms with Gasteiger partial charge in [-0.05, 0) is 17.5 Å². The molecule has 20 heavy (non-hydrogen) atoms. The topological polar surface area (TPSA) is 60.2 Å². The molecule has 0 fully saturated rings. The number of nitrogen functional groups attached to an aromatic ring is 1. The van der Waals surface area contributed by atoms with Crippen LogP contribution >= 0.6 is 0 Å². The van der Waals surface area contributed by atoms with Crippen LogP contribution in [0.1, 0.15) is 5.56 Å². The zero-order valence-corrected chi connectivity index (χ0v) is 10.9. The SMILES string of the molecule is NNc1ccc(COc2cccc3ccccc23)cn1. The number of hydrogen-bond donors (Lipinski definition) is 2. The summed E-state index contributed by atoms with van der Waals surface area (Å²) >= 11 is 0. The maximum atomic E-state index is 5.89. The van der Waals surface area contributed by atoms with Crippen LogP contribution in [0, 0.1) is 0 Å². The highest BCUT2D eigenvalue weighted by atomic mass is 16.5. The molecule has 4 heteroatoms. The molecule has 0 aliphatic carbocycles. The molecule has 0 aliphatic heterocycles. The maximum absolute atomic E-state index is 5.89. The lowest BCUT2D eigenvalue weighted by Gasteiger charge is -2.09. The van der Waals surface area contributed by atoms with Gasteiger partial charge in [0.05, 0.1) is 0 Å². The molecule has 3 rings (SSSR count). The van der Waals surface area contributed by atoms with E-state index in [4.69, 9.17) is 10.6 Å². The number of nitrogens with one attached hydrogen (secondary N) is 1. The largest absolute Gasteiger partial charge is 0.488 e. The van der Waals surface area contributed by atoms with Gasteiger partial charge in [0.1, 0.15) is 18.2 Å². The van der Waals surface area contributed by atoms with E-state index < -0.39 is 0 Å². The lowest BCUT2D eigenvalue weighted by molar-refractivity contribution is 0.309. The number of hydrogen-bond acceptors (Lipinski definition) is 4. The monoisotopic (exact) mass is 265 g/mol. The number of hydrazine groups is 1. The zero-order chi connectivity index (χ0) is 13.8. The van der Waals surface area contributed by atoms with Crippen molar-refractivity contribution in [3.63, 3.8) is 0 Å². The van der Waals surface area contributed by atoms with E-state index >= 15 is 0 Å². The second kappa shape index (κ2) is 5.59. The van der Waals surface area contributed by atoms with Crippen molar-refractivity contribution in [2.75, 3.05) is 5.43 Å². The van der Waals surface area contributed by atoms with Gasteiger partial charge >= 0.3 is 0 Å². The van der Waals surface area contributed by atoms with Gasteiger partial charge in [0.2, 0.25) is 0 Å². The Morgan fingerprint density at radius 1 is 1.00 bits per heavy atom. The molecule has 1 aromatic heterocycles. The molecule has 0 amide bonds. The summed E-state index contributed by atoms with van der Waals surface area (Å²) in [5.74, 6) is 6.80. The van der Waals surface area contributed by atoms with Crippen LogP contribution in [0.3, 0.4) is 0 Å². The minimum Gasteiger partial charge on any atom is -0.488 e. The number of benzene rings is 2. The number of fused-ring (bicyclic) bond motifs is 1. The number of aromatic nitrogens is 1. The van der Waals surface area contributed by atoms with E-state index in [0.29, 0.717) is 12.4 Å². The molecule has 0 radical (unpaired) electrons. The molecule has 0 bridgehead atoms. The molecule has 0 spiro atoms. The summed E-state index contributed by atoms with van der Waals surface area (Å²) in [4.78, 5) is 4.16. The van der Waals surface area contributed by atoms with E-state index in [9.17, 15) is 0 Å². The maximum Gasteiger partial charge on any atom is 0.139 e. The van der Waals surface area contributed by atoms with Gasteiger partial charge in [-0.25, -0.2) is 10.8 Å². The first-order chi connectivity index (χ1) is 9.86. The minimum atomic E-state index is 0.478. The summed E-state index contributed by atoms with van der Waals surface area (Å²) in [6, 6.07) is 18.0. The predicted octanol–water partition coefficient (Wildman–Crippen LogP) is 3.10. The molecular formula is C16H15N3O. The Bertz CT molecular complexity index is 705. The summed E-state index contributed by atoms with van der Waals surface area (Å²) < 4.78 is 5.89. The molecule has 0 atom stereocenters. The standard InChI is InChI=1S/C16H15N3O/c17-19-16-9-8-12(10-18-16)11-20-15-7-3-5-13-4-1-2-6-14(13)15/h1-10H,11,17H2,(H,18,19). The molecule has 0 unspecified atom stereocenters. The number of pyridine rings is 1. The molecule has 3 N–H and O–H groups in total. The van der Waals surface area contributed by atoms with Crippen LogP contribution in [0.15, 0.2) is 60.8 Å². The molecule has 100 valence electrons. The predicted molar refractivity (Wildman–Crippen MR) is 80.3 cm³/mol. The lowest BCUT2D eigenvalue weighted by atomic mass is 10.1. The Balaban J connectivity index is 1.79. The Hall–Kier alpha value is -2.59. The summed E-state index contributed by atoms with van der Waals surface area (Å²) in [6.45, 7) is 0.478. The van der Waals surface area contributed by atoms with Gasteiger partial charge in [-0.15, -0.1) is 0 Å². The molecule has 4 nitrogen and oxygen atoms in total. The van der Waals surface area contributed by atoms with Crippen LogP contribution < -0.4 is 16.0 Å². The number of rotatable bonds is 4. The smallest absolute Gasteiger partial charge is 0.139 e. The van der Waals surface area contributed by atoms with Crippen molar-refractivity contribution in [2.24, 2.45) is 5.84 Å². The van der Waals surface area contributed by atoms with E-state index in [1.165, 1.54) is 5.39 Å². The van der Waals surface area contributed by atoms with Crippen molar-refractivity contribution in [2.45, 2.75) is 6.61 Å². The number of nitrogens with zero attached hydrogens (tertiary/aromatic N) is 1. The second-order valence-corrected chi connectivity index (χ2v) is 4.46. The van der Waals surface area contributed by atoms with Gasteiger partial charge in [-0.3, -0.25) is 0 Å². The van der Waals surface area contributed by atoms with Gasteiger partial charge < -0.3 is 10.2 Å². The van der Waals surface area contributed by atoms with E-state index in [-0.39, 0.29) is 0 Å². The first kappa shape index (κ1) is 12.4. The van der Waals surface area contributed by atoms with Gasteiger partial charge in [-0.2, -0.15) is 0 Å². The lowest BCUT2D eigenvalue weighted by Crippen LogP contribution is -2.08. The normalized spacial score (nSPS) is 10.4. The summed E-state index contributed by atoms with van der Waals surface area (Å²) in [7, 11) is 0. The Kier molecular flexibility index (Phi) is 3.48. The first-order valence-corrected chi connectivity index (χ1v) is 6.39. The third-order valence-electron chi connectivity index (χ3n) is 3.12. The van der Waals surface area contributed by atoms with E-state index in [1.807, 2.05) is 36.4 Å². The average Bonchev–Trinajstić information content (AvgIpc) is 2.53. The minimum absolute atomic E-state index is 0.478. The molecule has 3 aromatic rings. The zero-order valence-electron chi connectivity index (χ0n) is 10.9. The molecule has 0 saturated carbocycles. The van der Waals surface area contributed by atoms with Gasteiger partial charge in [0.15, 0.2) is 0 Å². The second-order valence-electron chi connectivity index (χ2n) is 4.46. The van der Waals surface area contributed by atoms with Crippen molar-refractivity contribution in [3.8, 4) is 5.75 Å². The molecule has 1 heterocycles. The Morgan fingerprint density at radius 2 is 1.85 bits per heavy atom. The van der Waals surface area contributed by atoms with Gasteiger partial charge in [0, 0.05) is 17.1 Å². The van der Waals surface area contributed by atoms with Crippen LogP contribution in [0.4, 0.5) is 5.82 Å². The fraction of sp³-hybridized carbons (Fsp3) is 0.0625. The third kappa shape index (κ3) is 2.55. The average molecular weight is 265 g/mol. The van der Waals surface area contributed by atoms with Gasteiger partial charge in [0.25, 0.3) is 0 Å². The summed E-state index contributed by atoms with van der Waals surface area (Å²) in [6.07, 6.45) is 1.75. The van der Waals surface area contributed by atoms with Crippen LogP contribution in [-0.4, -0.2) is 4.98 Å². The Morgan fingerprint density at radius 3 is 2.65 bits per heavy atom. The third-order valence-corrected chi connectivity index (χ3v) is 3.12. The fourth-order valence-electron chi connectivity index (χ4n) is 2.08. The van der Waals surface area contributed by atoms with Crippen molar-refractivity contribution in [1.29, 1.82) is 0 Å². The van der Waals surface area contributed by atoms with Crippen LogP contribution in [0.5, 0.6) is 5.75 Å². The molecular weight excluding hydrogens is 250 g/mol. The van der Waals surface area contributed by atoms with Crippen molar-refractivity contribution in [3.05, 3.63) is 66.4 Å². The highest BCUT2D eigenvalue weighted by Gasteiger charge is 2.02. The molecule has 0 aliphatic rings. The van der Waals surface area contributed by atoms with Gasteiger partial charge in [-0.1, -0.05) is 42.5 Å². The van der Waals surface area contributed by atoms with Crippen molar-refractivity contribution in [1.82, 2.24) is 4.98 Å². The van der Waals surface area contributed by atoms with E-state index in [1.54, 1.807) is 6.20 Å². The van der Waals surface area contributed by atoms with E-state index in [0.717, 1.165) is 16.7 Å². The Labute approximate surface area is 117 Å². The first-order valence-electron chi connectivity index (χ1n) is 6.39. The highest BCUT2D eigenvalue weighted by molar-refractivity contribution is 5.88. The highest BCUT2D eigenvalue weighted by Crippen LogP contribution is 2.25. The van der Waals surface area contributed by atoms with Crippen LogP contribution in [0.25, 0.3) is 10.8 Å². The van der Waals surface area contributed by atoms with Crippen LogP contribution in [0.2, 0.25) is 0 Å². The molecule has 0 saturated heterocycles. The quantitative estimate of drug-likeness (QED) is 0.562. The summed E-state index contributed by atoms with van der Waals surface area (Å²) in [5.41, 5.74) is 3.50. The molecule has 2 aromatic carbocycles. The van der Waals surface area contributed by atoms with Crippen LogP contribution in [-0.2, 0) is 6.61 Å². The van der Waals surface area contributed by atoms with E-state index in [2.05, 4.69) is 28.6 Å². The number of anilines is 1. The summed E-state index contributed by atoms with van der Waals surface area (Å²) in [5, 5.41) is 2.29. The van der Waals surface area contributed by atoms with Crippen molar-refractivity contribution >= 4 is 16.6 Å². The van der Waals surface area contributed by atoms with Crippen molar-refractivity contribution < 1.29 is 4.74 Å². The number of ether oxygens (including phenoxy) is 1. The fourth-order valence-corrected chi connectivity index (χ4v) is 2.08.